The van der Waals surface area contributed by atoms with Crippen LogP contribution in [0, 0.1) is 12.7 Å². The monoisotopic (exact) mass is 406 g/mol. The van der Waals surface area contributed by atoms with Gasteiger partial charge in [-0.05, 0) is 37.3 Å². The molecule has 3 heterocycles. The summed E-state index contributed by atoms with van der Waals surface area (Å²) in [7, 11) is -2.51. The zero-order valence-corrected chi connectivity index (χ0v) is 16.2. The molecule has 0 bridgehead atoms. The quantitative estimate of drug-likeness (QED) is 0.640. The smallest absolute Gasteiger partial charge is 0.246 e. The van der Waals surface area contributed by atoms with E-state index in [1.807, 2.05) is 24.0 Å². The molecule has 11 heteroatoms. The fourth-order valence-electron chi connectivity index (χ4n) is 3.20. The minimum atomic E-state index is -3.87. The summed E-state index contributed by atoms with van der Waals surface area (Å²) < 4.78 is 47.7. The van der Waals surface area contributed by atoms with Gasteiger partial charge in [0, 0.05) is 26.2 Å². The molecule has 9 nitrogen and oxygen atoms in total. The molecule has 0 N–H and O–H groups in total. The number of hydrogen-bond acceptors (Lipinski definition) is 7. The Bertz CT molecular complexity index is 1130. The Hall–Kier alpha value is -2.79. The summed E-state index contributed by atoms with van der Waals surface area (Å²) in [6.45, 7) is 3.23. The van der Waals surface area contributed by atoms with Crippen molar-refractivity contribution in [3.8, 4) is 5.75 Å². The second-order valence-electron chi connectivity index (χ2n) is 6.40. The summed E-state index contributed by atoms with van der Waals surface area (Å²) in [5, 5.41) is 12.5. The third-order valence-corrected chi connectivity index (χ3v) is 6.63. The summed E-state index contributed by atoms with van der Waals surface area (Å²) in [6.07, 6.45) is 0. The molecule has 2 aromatic heterocycles. The van der Waals surface area contributed by atoms with Crippen LogP contribution in [0.15, 0.2) is 35.2 Å². The Morgan fingerprint density at radius 3 is 2.54 bits per heavy atom. The third-order valence-electron chi connectivity index (χ3n) is 4.71. The second kappa shape index (κ2) is 6.99. The summed E-state index contributed by atoms with van der Waals surface area (Å²) in [5.41, 5.74) is 0.653. The van der Waals surface area contributed by atoms with Crippen LogP contribution in [0.4, 0.5) is 10.2 Å². The van der Waals surface area contributed by atoms with E-state index in [1.54, 1.807) is 4.52 Å². The Labute approximate surface area is 161 Å². The normalized spacial score (nSPS) is 15.9. The largest absolute Gasteiger partial charge is 0.495 e. The molecule has 0 unspecified atom stereocenters. The van der Waals surface area contributed by atoms with Crippen molar-refractivity contribution in [2.75, 3.05) is 38.2 Å². The van der Waals surface area contributed by atoms with E-state index in [2.05, 4.69) is 15.3 Å². The maximum atomic E-state index is 13.6. The van der Waals surface area contributed by atoms with Crippen molar-refractivity contribution in [3.63, 3.8) is 0 Å². The first-order chi connectivity index (χ1) is 13.4. The minimum Gasteiger partial charge on any atom is -0.495 e. The van der Waals surface area contributed by atoms with Crippen LogP contribution in [0.1, 0.15) is 5.82 Å². The van der Waals surface area contributed by atoms with Gasteiger partial charge in [0.1, 0.15) is 22.3 Å². The predicted octanol–water partition coefficient (Wildman–Crippen LogP) is 1.09. The first-order valence-electron chi connectivity index (χ1n) is 8.68. The van der Waals surface area contributed by atoms with Gasteiger partial charge >= 0.3 is 0 Å². The van der Waals surface area contributed by atoms with Crippen molar-refractivity contribution in [2.24, 2.45) is 0 Å². The van der Waals surface area contributed by atoms with Gasteiger partial charge in [-0.2, -0.15) is 8.82 Å². The number of fused-ring (bicyclic) bond motifs is 1. The van der Waals surface area contributed by atoms with E-state index in [-0.39, 0.29) is 23.7 Å². The number of nitrogens with zero attached hydrogens (tertiary/aromatic N) is 6. The Kier molecular flexibility index (Phi) is 4.63. The Morgan fingerprint density at radius 1 is 1.07 bits per heavy atom. The van der Waals surface area contributed by atoms with Crippen LogP contribution in [0.3, 0.4) is 0 Å². The molecule has 0 radical (unpaired) electrons. The first kappa shape index (κ1) is 18.6. The van der Waals surface area contributed by atoms with Gasteiger partial charge in [-0.25, -0.2) is 12.8 Å². The zero-order valence-electron chi connectivity index (χ0n) is 15.4. The van der Waals surface area contributed by atoms with Crippen molar-refractivity contribution in [1.29, 1.82) is 0 Å². The predicted molar refractivity (Wildman–Crippen MR) is 99.4 cm³/mol. The van der Waals surface area contributed by atoms with E-state index in [0.717, 1.165) is 11.9 Å². The summed E-state index contributed by atoms with van der Waals surface area (Å²) in [4.78, 5) is 1.83. The van der Waals surface area contributed by atoms with E-state index in [0.29, 0.717) is 24.6 Å². The average molecular weight is 406 g/mol. The van der Waals surface area contributed by atoms with Gasteiger partial charge in [0.25, 0.3) is 0 Å². The molecule has 0 spiro atoms. The number of ether oxygens (including phenoxy) is 1. The van der Waals surface area contributed by atoms with Gasteiger partial charge < -0.3 is 9.64 Å². The number of aryl methyl sites for hydroxylation is 1. The SMILES string of the molecule is COc1ccc(F)cc1S(=O)(=O)N1CCN(c2ccc3nnc(C)n3n2)CC1. The number of halogens is 1. The molecule has 0 amide bonds. The van der Waals surface area contributed by atoms with Crippen molar-refractivity contribution in [2.45, 2.75) is 11.8 Å². The summed E-state index contributed by atoms with van der Waals surface area (Å²) in [5.74, 6) is 0.894. The molecule has 4 rings (SSSR count). The number of aromatic nitrogens is 4. The van der Waals surface area contributed by atoms with E-state index in [4.69, 9.17) is 4.74 Å². The molecule has 28 heavy (non-hydrogen) atoms. The molecule has 0 aliphatic carbocycles. The van der Waals surface area contributed by atoms with Crippen molar-refractivity contribution in [1.82, 2.24) is 24.1 Å². The van der Waals surface area contributed by atoms with Crippen LogP contribution in [0.2, 0.25) is 0 Å². The molecule has 1 aliphatic heterocycles. The Balaban J connectivity index is 1.54. The number of rotatable bonds is 4. The van der Waals surface area contributed by atoms with Crippen LogP contribution >= 0.6 is 0 Å². The van der Waals surface area contributed by atoms with E-state index >= 15 is 0 Å². The van der Waals surface area contributed by atoms with Gasteiger partial charge in [-0.15, -0.1) is 15.3 Å². The highest BCUT2D eigenvalue weighted by molar-refractivity contribution is 7.89. The number of methoxy groups -OCH3 is 1. The zero-order chi connectivity index (χ0) is 19.9. The van der Waals surface area contributed by atoms with Crippen LogP contribution in [-0.4, -0.2) is 65.8 Å². The number of hydrogen-bond donors (Lipinski definition) is 0. The maximum Gasteiger partial charge on any atom is 0.246 e. The maximum absolute atomic E-state index is 13.6. The molecule has 1 fully saturated rings. The third kappa shape index (κ3) is 3.16. The van der Waals surface area contributed by atoms with E-state index in [1.165, 1.54) is 23.5 Å². The molecule has 148 valence electrons. The van der Waals surface area contributed by atoms with E-state index in [9.17, 15) is 12.8 Å². The lowest BCUT2D eigenvalue weighted by atomic mass is 10.3. The van der Waals surface area contributed by atoms with Gasteiger partial charge in [0.2, 0.25) is 10.0 Å². The minimum absolute atomic E-state index is 0.124. The summed E-state index contributed by atoms with van der Waals surface area (Å²) >= 11 is 0. The van der Waals surface area contributed by atoms with Crippen molar-refractivity contribution < 1.29 is 17.5 Å². The lowest BCUT2D eigenvalue weighted by molar-refractivity contribution is 0.372. The molecule has 1 aromatic carbocycles. The lowest BCUT2D eigenvalue weighted by Gasteiger charge is -2.34. The standard InChI is InChI=1S/C17H19FN6O3S/c1-12-19-20-16-5-6-17(21-24(12)16)22-7-9-23(10-8-22)28(25,26)15-11-13(18)3-4-14(15)27-2/h3-6,11H,7-10H2,1-2H3. The number of benzene rings is 1. The summed E-state index contributed by atoms with van der Waals surface area (Å²) in [6, 6.07) is 7.14. The van der Waals surface area contributed by atoms with E-state index < -0.39 is 15.8 Å². The fourth-order valence-corrected chi connectivity index (χ4v) is 4.79. The topological polar surface area (TPSA) is 92.9 Å². The number of anilines is 1. The molecule has 1 aliphatic rings. The van der Waals surface area contributed by atoms with Gasteiger partial charge in [0.05, 0.1) is 7.11 Å². The van der Waals surface area contributed by atoms with Crippen molar-refractivity contribution in [3.05, 3.63) is 42.0 Å². The first-order valence-corrected chi connectivity index (χ1v) is 10.1. The second-order valence-corrected chi connectivity index (χ2v) is 8.30. The van der Waals surface area contributed by atoms with Crippen molar-refractivity contribution >= 4 is 21.5 Å². The van der Waals surface area contributed by atoms with Gasteiger partial charge in [-0.1, -0.05) is 0 Å². The lowest BCUT2D eigenvalue weighted by Crippen LogP contribution is -2.49. The van der Waals surface area contributed by atoms with Gasteiger partial charge in [-0.3, -0.25) is 0 Å². The van der Waals surface area contributed by atoms with Crippen LogP contribution in [0.5, 0.6) is 5.75 Å². The highest BCUT2D eigenvalue weighted by Gasteiger charge is 2.31. The number of sulfonamides is 1. The van der Waals surface area contributed by atoms with Crippen LogP contribution in [0.25, 0.3) is 5.65 Å². The highest BCUT2D eigenvalue weighted by Crippen LogP contribution is 2.28. The molecule has 0 atom stereocenters. The molecular weight excluding hydrogens is 387 g/mol. The Morgan fingerprint density at radius 2 is 1.82 bits per heavy atom. The van der Waals surface area contributed by atoms with Crippen LogP contribution in [-0.2, 0) is 10.0 Å². The molecular formula is C17H19FN6O3S. The fraction of sp³-hybridized carbons (Fsp3) is 0.353. The number of piperazine rings is 1. The van der Waals surface area contributed by atoms with Gasteiger partial charge in [0.15, 0.2) is 11.5 Å². The average Bonchev–Trinajstić information content (AvgIpc) is 3.08. The molecule has 3 aromatic rings. The molecule has 1 saturated heterocycles. The highest BCUT2D eigenvalue weighted by atomic mass is 32.2. The van der Waals surface area contributed by atoms with Crippen LogP contribution < -0.4 is 9.64 Å². The molecule has 0 saturated carbocycles.